The van der Waals surface area contributed by atoms with Crippen LogP contribution in [0.5, 0.6) is 0 Å². The molecule has 2 aromatic heterocycles. The maximum atomic E-state index is 11.8. The van der Waals surface area contributed by atoms with Gasteiger partial charge in [-0.15, -0.1) is 0 Å². The van der Waals surface area contributed by atoms with Crippen molar-refractivity contribution in [2.75, 3.05) is 0 Å². The summed E-state index contributed by atoms with van der Waals surface area (Å²) in [5.41, 5.74) is -0.778. The SMILES string of the molecule is CCc1nc2c(c(=O)n(C)c(=O)n2C)n1O. The van der Waals surface area contributed by atoms with Gasteiger partial charge in [0.25, 0.3) is 5.56 Å². The average molecular weight is 224 g/mol. The van der Waals surface area contributed by atoms with E-state index in [1.165, 1.54) is 18.7 Å². The van der Waals surface area contributed by atoms with E-state index in [4.69, 9.17) is 0 Å². The fourth-order valence-corrected chi connectivity index (χ4v) is 1.66. The van der Waals surface area contributed by atoms with Gasteiger partial charge in [0, 0.05) is 20.5 Å². The second-order valence-corrected chi connectivity index (χ2v) is 3.57. The monoisotopic (exact) mass is 224 g/mol. The molecule has 0 spiro atoms. The van der Waals surface area contributed by atoms with E-state index < -0.39 is 11.2 Å². The van der Waals surface area contributed by atoms with Gasteiger partial charge in [-0.3, -0.25) is 13.9 Å². The van der Waals surface area contributed by atoms with E-state index >= 15 is 0 Å². The van der Waals surface area contributed by atoms with Crippen LogP contribution in [0, 0.1) is 0 Å². The third kappa shape index (κ3) is 1.11. The molecule has 86 valence electrons. The molecular weight excluding hydrogens is 212 g/mol. The summed E-state index contributed by atoms with van der Waals surface area (Å²) in [6.07, 6.45) is 0.475. The van der Waals surface area contributed by atoms with Crippen molar-refractivity contribution in [3.05, 3.63) is 26.7 Å². The topological polar surface area (TPSA) is 82.0 Å². The molecule has 0 amide bonds. The quantitative estimate of drug-likeness (QED) is 0.645. The number of imidazole rings is 1. The average Bonchev–Trinajstić information content (AvgIpc) is 2.61. The number of fused-ring (bicyclic) bond motifs is 1. The first-order valence-corrected chi connectivity index (χ1v) is 4.85. The van der Waals surface area contributed by atoms with Gasteiger partial charge in [-0.2, -0.15) is 4.73 Å². The highest BCUT2D eigenvalue weighted by Crippen LogP contribution is 2.08. The Balaban J connectivity index is 3.13. The molecule has 1 N–H and O–H groups in total. The first kappa shape index (κ1) is 10.5. The molecule has 0 bridgehead atoms. The van der Waals surface area contributed by atoms with Crippen LogP contribution in [0.15, 0.2) is 9.59 Å². The van der Waals surface area contributed by atoms with Gasteiger partial charge in [0.1, 0.15) is 5.82 Å². The van der Waals surface area contributed by atoms with Crippen LogP contribution in [0.4, 0.5) is 0 Å². The number of aryl methyl sites for hydroxylation is 2. The lowest BCUT2D eigenvalue weighted by atomic mass is 10.5. The number of hydrogen-bond donors (Lipinski definition) is 1. The van der Waals surface area contributed by atoms with E-state index in [1.807, 2.05) is 0 Å². The summed E-state index contributed by atoms with van der Waals surface area (Å²) in [7, 11) is 2.87. The van der Waals surface area contributed by atoms with E-state index in [9.17, 15) is 14.8 Å². The summed E-state index contributed by atoms with van der Waals surface area (Å²) in [5, 5.41) is 9.74. The van der Waals surface area contributed by atoms with Gasteiger partial charge >= 0.3 is 5.69 Å². The van der Waals surface area contributed by atoms with Crippen molar-refractivity contribution in [3.8, 4) is 0 Å². The van der Waals surface area contributed by atoms with Gasteiger partial charge in [-0.25, -0.2) is 9.78 Å². The van der Waals surface area contributed by atoms with Crippen LogP contribution in [0.2, 0.25) is 0 Å². The van der Waals surface area contributed by atoms with E-state index in [-0.39, 0.29) is 11.2 Å². The van der Waals surface area contributed by atoms with Gasteiger partial charge < -0.3 is 5.21 Å². The lowest BCUT2D eigenvalue weighted by Gasteiger charge is -2.02. The summed E-state index contributed by atoms with van der Waals surface area (Å²) in [6, 6.07) is 0. The Morgan fingerprint density at radius 1 is 1.25 bits per heavy atom. The zero-order valence-electron chi connectivity index (χ0n) is 9.26. The summed E-state index contributed by atoms with van der Waals surface area (Å²) in [5.74, 6) is 0.355. The Bertz CT molecular complexity index is 677. The van der Waals surface area contributed by atoms with E-state index in [1.54, 1.807) is 6.92 Å². The fraction of sp³-hybridized carbons (Fsp3) is 0.444. The summed E-state index contributed by atoms with van der Waals surface area (Å²) in [6.45, 7) is 1.80. The second-order valence-electron chi connectivity index (χ2n) is 3.57. The highest BCUT2D eigenvalue weighted by molar-refractivity contribution is 5.70. The predicted molar refractivity (Wildman–Crippen MR) is 56.8 cm³/mol. The van der Waals surface area contributed by atoms with Crippen molar-refractivity contribution in [1.29, 1.82) is 0 Å². The minimum atomic E-state index is -0.548. The smallest absolute Gasteiger partial charge is 0.332 e. The number of aromatic nitrogens is 4. The largest absolute Gasteiger partial charge is 0.426 e. The maximum Gasteiger partial charge on any atom is 0.332 e. The predicted octanol–water partition coefficient (Wildman–Crippen LogP) is -0.767. The molecule has 2 rings (SSSR count). The van der Waals surface area contributed by atoms with Crippen molar-refractivity contribution >= 4 is 11.2 Å². The Kier molecular flexibility index (Phi) is 2.11. The van der Waals surface area contributed by atoms with E-state index in [0.29, 0.717) is 12.2 Å². The molecule has 0 saturated heterocycles. The molecule has 0 aromatic carbocycles. The lowest BCUT2D eigenvalue weighted by Crippen LogP contribution is -2.37. The van der Waals surface area contributed by atoms with E-state index in [0.717, 1.165) is 9.30 Å². The molecule has 16 heavy (non-hydrogen) atoms. The Labute approximate surface area is 90.1 Å². The number of nitrogens with zero attached hydrogens (tertiary/aromatic N) is 4. The summed E-state index contributed by atoms with van der Waals surface area (Å²) in [4.78, 5) is 27.4. The summed E-state index contributed by atoms with van der Waals surface area (Å²) >= 11 is 0. The molecule has 0 fully saturated rings. The summed E-state index contributed by atoms with van der Waals surface area (Å²) < 4.78 is 2.93. The van der Waals surface area contributed by atoms with Crippen molar-refractivity contribution in [2.24, 2.45) is 14.1 Å². The van der Waals surface area contributed by atoms with Crippen LogP contribution in [0.3, 0.4) is 0 Å². The molecule has 0 aliphatic rings. The Morgan fingerprint density at radius 2 is 1.88 bits per heavy atom. The van der Waals surface area contributed by atoms with Crippen LogP contribution < -0.4 is 11.2 Å². The van der Waals surface area contributed by atoms with Crippen molar-refractivity contribution in [3.63, 3.8) is 0 Å². The molecular formula is C9H12N4O3. The number of hydrogen-bond acceptors (Lipinski definition) is 4. The van der Waals surface area contributed by atoms with Crippen LogP contribution in [0.25, 0.3) is 11.2 Å². The Morgan fingerprint density at radius 3 is 2.44 bits per heavy atom. The Hall–Kier alpha value is -2.05. The number of rotatable bonds is 1. The van der Waals surface area contributed by atoms with Gasteiger partial charge in [0.15, 0.2) is 11.2 Å². The van der Waals surface area contributed by atoms with Crippen LogP contribution >= 0.6 is 0 Å². The maximum absolute atomic E-state index is 11.8. The lowest BCUT2D eigenvalue weighted by molar-refractivity contribution is 0.187. The highest BCUT2D eigenvalue weighted by Gasteiger charge is 2.17. The zero-order valence-corrected chi connectivity index (χ0v) is 9.26. The molecule has 0 radical (unpaired) electrons. The minimum absolute atomic E-state index is 0.0291. The van der Waals surface area contributed by atoms with Gasteiger partial charge in [0.2, 0.25) is 0 Å². The molecule has 0 atom stereocenters. The van der Waals surface area contributed by atoms with Crippen molar-refractivity contribution in [2.45, 2.75) is 13.3 Å². The van der Waals surface area contributed by atoms with Crippen LogP contribution in [-0.2, 0) is 20.5 Å². The van der Waals surface area contributed by atoms with Crippen molar-refractivity contribution in [1.82, 2.24) is 18.8 Å². The third-order valence-electron chi connectivity index (χ3n) is 2.62. The molecule has 7 heteroatoms. The molecule has 0 aliphatic carbocycles. The van der Waals surface area contributed by atoms with Crippen LogP contribution in [-0.4, -0.2) is 24.1 Å². The first-order valence-electron chi connectivity index (χ1n) is 4.85. The minimum Gasteiger partial charge on any atom is -0.426 e. The van der Waals surface area contributed by atoms with E-state index in [2.05, 4.69) is 4.98 Å². The van der Waals surface area contributed by atoms with Crippen molar-refractivity contribution < 1.29 is 5.21 Å². The van der Waals surface area contributed by atoms with Gasteiger partial charge in [-0.05, 0) is 0 Å². The normalized spacial score (nSPS) is 11.2. The molecule has 0 saturated carbocycles. The van der Waals surface area contributed by atoms with Crippen LogP contribution in [0.1, 0.15) is 12.7 Å². The first-order chi connectivity index (χ1) is 7.49. The highest BCUT2D eigenvalue weighted by atomic mass is 16.5. The molecule has 2 heterocycles. The standard InChI is InChI=1S/C9H12N4O3/c1-4-5-10-7-6(13(5)16)8(14)12(3)9(15)11(7)2/h16H,4H2,1-3H3. The molecule has 0 aliphatic heterocycles. The van der Waals surface area contributed by atoms with Gasteiger partial charge in [-0.1, -0.05) is 6.92 Å². The second kappa shape index (κ2) is 3.22. The fourth-order valence-electron chi connectivity index (χ4n) is 1.66. The zero-order chi connectivity index (χ0) is 12.0. The molecule has 0 unspecified atom stereocenters. The van der Waals surface area contributed by atoms with Gasteiger partial charge in [0.05, 0.1) is 0 Å². The third-order valence-corrected chi connectivity index (χ3v) is 2.62. The molecule has 7 nitrogen and oxygen atoms in total. The molecule has 2 aromatic rings.